The number of carbonyl (C=O) groups is 1. The van der Waals surface area contributed by atoms with Crippen LogP contribution in [-0.2, 0) is 18.4 Å². The Morgan fingerprint density at radius 2 is 2.13 bits per heavy atom. The van der Waals surface area contributed by atoms with Gasteiger partial charge in [0.15, 0.2) is 5.65 Å². The maximum Gasteiger partial charge on any atom is 0.264 e. The van der Waals surface area contributed by atoms with Crippen LogP contribution in [0.2, 0.25) is 10.0 Å². The second-order valence-electron chi connectivity index (χ2n) is 4.86. The van der Waals surface area contributed by atoms with Gasteiger partial charge in [-0.05, 0) is 18.2 Å². The third-order valence-corrected chi connectivity index (χ3v) is 3.79. The number of benzene rings is 1. The number of halogens is 2. The molecule has 118 valence electrons. The molecule has 1 N–H and O–H groups in total. The summed E-state index contributed by atoms with van der Waals surface area (Å²) >= 11 is 11.8. The van der Waals surface area contributed by atoms with Gasteiger partial charge in [-0.3, -0.25) is 18.8 Å². The van der Waals surface area contributed by atoms with E-state index in [1.807, 2.05) is 0 Å². The molecule has 0 aliphatic rings. The fraction of sp³-hybridized carbons (Fsp3) is 0.143. The fourth-order valence-electron chi connectivity index (χ4n) is 2.11. The molecule has 23 heavy (non-hydrogen) atoms. The second-order valence-corrected chi connectivity index (χ2v) is 5.70. The average molecular weight is 352 g/mol. The molecule has 0 atom stereocenters. The van der Waals surface area contributed by atoms with Crippen molar-refractivity contribution < 1.29 is 4.79 Å². The molecule has 2 aromatic heterocycles. The summed E-state index contributed by atoms with van der Waals surface area (Å²) in [4.78, 5) is 28.5. The molecule has 2 heterocycles. The standard InChI is InChI=1S/C14H11Cl2N5O2/c1-20-13-9(5-18-20)14(23)21(7-17-13)6-12(22)19-11-3-2-8(15)4-10(11)16/h2-5,7H,6H2,1H3,(H,19,22). The quantitative estimate of drug-likeness (QED) is 0.783. The Bertz CT molecular complexity index is 963. The van der Waals surface area contributed by atoms with E-state index in [4.69, 9.17) is 23.2 Å². The molecule has 1 aromatic carbocycles. The molecule has 0 fully saturated rings. The van der Waals surface area contributed by atoms with Crippen molar-refractivity contribution >= 4 is 45.8 Å². The van der Waals surface area contributed by atoms with Crippen LogP contribution in [0.3, 0.4) is 0 Å². The molecule has 1 amide bonds. The molecular weight excluding hydrogens is 341 g/mol. The van der Waals surface area contributed by atoms with Gasteiger partial charge in [0.1, 0.15) is 18.3 Å². The van der Waals surface area contributed by atoms with Gasteiger partial charge < -0.3 is 5.32 Å². The van der Waals surface area contributed by atoms with Gasteiger partial charge >= 0.3 is 0 Å². The van der Waals surface area contributed by atoms with Gasteiger partial charge in [-0.15, -0.1) is 0 Å². The molecule has 3 rings (SSSR count). The molecule has 0 saturated heterocycles. The van der Waals surface area contributed by atoms with Crippen molar-refractivity contribution in [1.82, 2.24) is 19.3 Å². The minimum Gasteiger partial charge on any atom is -0.323 e. The van der Waals surface area contributed by atoms with Crippen LogP contribution >= 0.6 is 23.2 Å². The van der Waals surface area contributed by atoms with Gasteiger partial charge in [0.05, 0.1) is 16.9 Å². The molecule has 0 aliphatic heterocycles. The Morgan fingerprint density at radius 3 is 2.87 bits per heavy atom. The number of hydrogen-bond acceptors (Lipinski definition) is 4. The summed E-state index contributed by atoms with van der Waals surface area (Å²) in [7, 11) is 1.69. The molecule has 7 nitrogen and oxygen atoms in total. The number of anilines is 1. The second kappa shape index (κ2) is 6.02. The normalized spacial score (nSPS) is 10.9. The Balaban J connectivity index is 1.83. The van der Waals surface area contributed by atoms with Crippen LogP contribution in [0.15, 0.2) is 35.5 Å². The van der Waals surface area contributed by atoms with E-state index >= 15 is 0 Å². The molecule has 9 heteroatoms. The number of carbonyl (C=O) groups excluding carboxylic acids is 1. The SMILES string of the molecule is Cn1ncc2c(=O)n(CC(=O)Nc3ccc(Cl)cc3Cl)cnc21. The van der Waals surface area contributed by atoms with E-state index in [1.165, 1.54) is 27.8 Å². The van der Waals surface area contributed by atoms with Crippen molar-refractivity contribution in [3.63, 3.8) is 0 Å². The first kappa shape index (κ1) is 15.5. The van der Waals surface area contributed by atoms with Gasteiger partial charge in [-0.2, -0.15) is 5.10 Å². The zero-order valence-electron chi connectivity index (χ0n) is 12.0. The highest BCUT2D eigenvalue weighted by atomic mass is 35.5. The summed E-state index contributed by atoms with van der Waals surface area (Å²) in [6.45, 7) is -0.185. The Kier molecular flexibility index (Phi) is 4.06. The van der Waals surface area contributed by atoms with Crippen LogP contribution in [0.4, 0.5) is 5.69 Å². The monoisotopic (exact) mass is 351 g/mol. The summed E-state index contributed by atoms with van der Waals surface area (Å²) in [6, 6.07) is 4.72. The predicted molar refractivity (Wildman–Crippen MR) is 87.9 cm³/mol. The third-order valence-electron chi connectivity index (χ3n) is 3.24. The van der Waals surface area contributed by atoms with E-state index in [2.05, 4.69) is 15.4 Å². The largest absolute Gasteiger partial charge is 0.323 e. The number of aryl methyl sites for hydroxylation is 1. The lowest BCUT2D eigenvalue weighted by atomic mass is 10.3. The molecule has 0 unspecified atom stereocenters. The van der Waals surface area contributed by atoms with Crippen LogP contribution in [-0.4, -0.2) is 25.2 Å². The highest BCUT2D eigenvalue weighted by Gasteiger charge is 2.12. The molecule has 0 saturated carbocycles. The van der Waals surface area contributed by atoms with E-state index in [-0.39, 0.29) is 12.1 Å². The fourth-order valence-corrected chi connectivity index (χ4v) is 2.57. The van der Waals surface area contributed by atoms with E-state index < -0.39 is 5.91 Å². The number of rotatable bonds is 3. The summed E-state index contributed by atoms with van der Waals surface area (Å²) < 4.78 is 2.71. The van der Waals surface area contributed by atoms with Crippen LogP contribution in [0.25, 0.3) is 11.0 Å². The predicted octanol–water partition coefficient (Wildman–Crippen LogP) is 2.08. The minimum absolute atomic E-state index is 0.185. The smallest absolute Gasteiger partial charge is 0.264 e. The van der Waals surface area contributed by atoms with Gasteiger partial charge in [0, 0.05) is 12.1 Å². The summed E-state index contributed by atoms with van der Waals surface area (Å²) in [5.41, 5.74) is 0.553. The van der Waals surface area contributed by atoms with Crippen molar-refractivity contribution in [2.45, 2.75) is 6.54 Å². The van der Waals surface area contributed by atoms with Gasteiger partial charge in [-0.25, -0.2) is 4.98 Å². The molecule has 0 bridgehead atoms. The number of hydrogen-bond donors (Lipinski definition) is 1. The lowest BCUT2D eigenvalue weighted by Crippen LogP contribution is -2.27. The Labute approximate surface area is 140 Å². The first-order valence-electron chi connectivity index (χ1n) is 6.58. The van der Waals surface area contributed by atoms with Crippen molar-refractivity contribution in [1.29, 1.82) is 0 Å². The van der Waals surface area contributed by atoms with Crippen LogP contribution in [0, 0.1) is 0 Å². The van der Waals surface area contributed by atoms with E-state index in [0.29, 0.717) is 26.8 Å². The third kappa shape index (κ3) is 3.06. The van der Waals surface area contributed by atoms with Crippen molar-refractivity contribution in [2.24, 2.45) is 7.05 Å². The molecule has 3 aromatic rings. The highest BCUT2D eigenvalue weighted by molar-refractivity contribution is 6.36. The van der Waals surface area contributed by atoms with E-state index in [9.17, 15) is 9.59 Å². The highest BCUT2D eigenvalue weighted by Crippen LogP contribution is 2.25. The summed E-state index contributed by atoms with van der Waals surface area (Å²) in [5.74, 6) is -0.402. The van der Waals surface area contributed by atoms with Gasteiger partial charge in [-0.1, -0.05) is 23.2 Å². The van der Waals surface area contributed by atoms with Crippen molar-refractivity contribution in [3.05, 3.63) is 51.1 Å². The number of amides is 1. The number of nitrogens with one attached hydrogen (secondary N) is 1. The maximum absolute atomic E-state index is 12.3. The zero-order valence-corrected chi connectivity index (χ0v) is 13.5. The van der Waals surface area contributed by atoms with Crippen LogP contribution < -0.4 is 10.9 Å². The van der Waals surface area contributed by atoms with Gasteiger partial charge in [0.2, 0.25) is 5.91 Å². The molecular formula is C14H11Cl2N5O2. The average Bonchev–Trinajstić information content (AvgIpc) is 2.87. The first-order chi connectivity index (χ1) is 11.0. The maximum atomic E-state index is 12.3. The molecule has 0 spiro atoms. The lowest BCUT2D eigenvalue weighted by Gasteiger charge is -2.09. The minimum atomic E-state index is -0.402. The topological polar surface area (TPSA) is 81.8 Å². The lowest BCUT2D eigenvalue weighted by molar-refractivity contribution is -0.116. The number of fused-ring (bicyclic) bond motifs is 1. The van der Waals surface area contributed by atoms with Gasteiger partial charge in [0.25, 0.3) is 5.56 Å². The van der Waals surface area contributed by atoms with Crippen molar-refractivity contribution in [3.8, 4) is 0 Å². The molecule has 0 aliphatic carbocycles. The first-order valence-corrected chi connectivity index (χ1v) is 7.33. The van der Waals surface area contributed by atoms with E-state index in [1.54, 1.807) is 19.2 Å². The molecule has 0 radical (unpaired) electrons. The van der Waals surface area contributed by atoms with E-state index in [0.717, 1.165) is 0 Å². The summed E-state index contributed by atoms with van der Waals surface area (Å²) in [5, 5.41) is 7.74. The van der Waals surface area contributed by atoms with Crippen LogP contribution in [0.1, 0.15) is 0 Å². The Morgan fingerprint density at radius 1 is 1.35 bits per heavy atom. The zero-order chi connectivity index (χ0) is 16.6. The Hall–Kier alpha value is -2.38. The summed E-state index contributed by atoms with van der Waals surface area (Å²) in [6.07, 6.45) is 2.74. The van der Waals surface area contributed by atoms with Crippen molar-refractivity contribution in [2.75, 3.05) is 5.32 Å². The number of aromatic nitrogens is 4. The number of nitrogens with zero attached hydrogens (tertiary/aromatic N) is 4. The van der Waals surface area contributed by atoms with Crippen LogP contribution in [0.5, 0.6) is 0 Å².